The normalized spacial score (nSPS) is 14.9. The molecule has 0 aliphatic heterocycles. The van der Waals surface area contributed by atoms with Gasteiger partial charge in [0.15, 0.2) is 5.65 Å². The number of hydrogen-bond donors (Lipinski definition) is 0. The summed E-state index contributed by atoms with van der Waals surface area (Å²) in [6.07, 6.45) is 6.38. The molecular formula is C18H24BrN3O2. The van der Waals surface area contributed by atoms with Gasteiger partial charge in [0.1, 0.15) is 5.60 Å². The van der Waals surface area contributed by atoms with Gasteiger partial charge < -0.3 is 14.0 Å². The number of ether oxygens (including phenoxy) is 1. The predicted octanol–water partition coefficient (Wildman–Crippen LogP) is 4.73. The van der Waals surface area contributed by atoms with E-state index in [0.717, 1.165) is 15.8 Å². The molecule has 2 aromatic heterocycles. The van der Waals surface area contributed by atoms with Gasteiger partial charge in [-0.3, -0.25) is 0 Å². The van der Waals surface area contributed by atoms with Crippen molar-refractivity contribution in [2.75, 3.05) is 6.54 Å². The molecule has 1 fully saturated rings. The van der Waals surface area contributed by atoms with Crippen LogP contribution in [0.15, 0.2) is 22.9 Å². The van der Waals surface area contributed by atoms with Crippen LogP contribution in [0.4, 0.5) is 4.79 Å². The maximum atomic E-state index is 12.3. The van der Waals surface area contributed by atoms with E-state index in [0.29, 0.717) is 19.0 Å². The van der Waals surface area contributed by atoms with Crippen LogP contribution in [-0.4, -0.2) is 32.5 Å². The SMILES string of the molecule is CCN(Cc1cn2cc(C3CC3)cc(Br)c2n1)C(=O)OC(C)(C)C. The van der Waals surface area contributed by atoms with Crippen LogP contribution in [0.5, 0.6) is 0 Å². The lowest BCUT2D eigenvalue weighted by molar-refractivity contribution is 0.0242. The van der Waals surface area contributed by atoms with Crippen LogP contribution in [0.3, 0.4) is 0 Å². The Balaban J connectivity index is 1.81. The molecule has 0 saturated heterocycles. The second kappa shape index (κ2) is 6.39. The Morgan fingerprint density at radius 3 is 2.71 bits per heavy atom. The first-order valence-corrected chi connectivity index (χ1v) is 9.21. The van der Waals surface area contributed by atoms with Crippen LogP contribution < -0.4 is 0 Å². The smallest absolute Gasteiger partial charge is 0.410 e. The molecule has 5 nitrogen and oxygen atoms in total. The van der Waals surface area contributed by atoms with Crippen molar-refractivity contribution in [2.24, 2.45) is 0 Å². The Kier molecular flexibility index (Phi) is 4.60. The number of carbonyl (C=O) groups excluding carboxylic acids is 1. The van der Waals surface area contributed by atoms with Crippen molar-refractivity contribution in [1.82, 2.24) is 14.3 Å². The predicted molar refractivity (Wildman–Crippen MR) is 97.2 cm³/mol. The van der Waals surface area contributed by atoms with Gasteiger partial charge in [0.05, 0.1) is 16.7 Å². The van der Waals surface area contributed by atoms with Crippen LogP contribution >= 0.6 is 15.9 Å². The van der Waals surface area contributed by atoms with Gasteiger partial charge in [-0.25, -0.2) is 9.78 Å². The lowest BCUT2D eigenvalue weighted by Gasteiger charge is -2.26. The second-order valence-electron chi connectivity index (χ2n) is 7.35. The molecule has 0 atom stereocenters. The molecule has 2 aromatic rings. The minimum Gasteiger partial charge on any atom is -0.444 e. The van der Waals surface area contributed by atoms with E-state index in [1.165, 1.54) is 18.4 Å². The quantitative estimate of drug-likeness (QED) is 0.753. The summed E-state index contributed by atoms with van der Waals surface area (Å²) in [4.78, 5) is 18.6. The molecule has 0 aromatic carbocycles. The first-order valence-electron chi connectivity index (χ1n) is 8.42. The summed E-state index contributed by atoms with van der Waals surface area (Å²) in [5.41, 5.74) is 2.59. The molecule has 1 saturated carbocycles. The molecule has 1 amide bonds. The number of imidazole rings is 1. The largest absolute Gasteiger partial charge is 0.444 e. The van der Waals surface area contributed by atoms with Gasteiger partial charge in [-0.1, -0.05) is 0 Å². The highest BCUT2D eigenvalue weighted by Crippen LogP contribution is 2.41. The molecule has 1 aliphatic carbocycles. The molecule has 0 bridgehead atoms. The molecule has 2 heterocycles. The van der Waals surface area contributed by atoms with Crippen LogP contribution in [0, 0.1) is 0 Å². The Morgan fingerprint density at radius 2 is 2.12 bits per heavy atom. The molecular weight excluding hydrogens is 370 g/mol. The third kappa shape index (κ3) is 3.91. The van der Waals surface area contributed by atoms with Crippen molar-refractivity contribution in [3.63, 3.8) is 0 Å². The highest BCUT2D eigenvalue weighted by Gasteiger charge is 2.25. The zero-order chi connectivity index (χ0) is 17.5. The first kappa shape index (κ1) is 17.3. The maximum absolute atomic E-state index is 12.3. The minimum atomic E-state index is -0.494. The molecule has 0 radical (unpaired) electrons. The van der Waals surface area contributed by atoms with Crippen molar-refractivity contribution in [3.05, 3.63) is 34.2 Å². The molecule has 0 N–H and O–H groups in total. The number of hydrogen-bond acceptors (Lipinski definition) is 3. The van der Waals surface area contributed by atoms with Gasteiger partial charge in [0.2, 0.25) is 0 Å². The summed E-state index contributed by atoms with van der Waals surface area (Å²) in [5.74, 6) is 0.686. The molecule has 6 heteroatoms. The lowest BCUT2D eigenvalue weighted by Crippen LogP contribution is -2.36. The van der Waals surface area contributed by atoms with Crippen molar-refractivity contribution in [3.8, 4) is 0 Å². The molecule has 0 unspecified atom stereocenters. The van der Waals surface area contributed by atoms with Gasteiger partial charge in [-0.15, -0.1) is 0 Å². The van der Waals surface area contributed by atoms with Gasteiger partial charge in [-0.2, -0.15) is 0 Å². The van der Waals surface area contributed by atoms with Crippen LogP contribution in [0.25, 0.3) is 5.65 Å². The average molecular weight is 394 g/mol. The fraction of sp³-hybridized carbons (Fsp3) is 0.556. The van der Waals surface area contributed by atoms with Crippen LogP contribution in [0.2, 0.25) is 0 Å². The minimum absolute atomic E-state index is 0.306. The van der Waals surface area contributed by atoms with Crippen molar-refractivity contribution in [2.45, 2.75) is 58.6 Å². The molecule has 0 spiro atoms. The van der Waals surface area contributed by atoms with Gasteiger partial charge in [-0.05, 0) is 74.0 Å². The van der Waals surface area contributed by atoms with Crippen LogP contribution in [-0.2, 0) is 11.3 Å². The molecule has 24 heavy (non-hydrogen) atoms. The summed E-state index contributed by atoms with van der Waals surface area (Å²) in [7, 11) is 0. The topological polar surface area (TPSA) is 46.8 Å². The van der Waals surface area contributed by atoms with E-state index in [1.807, 2.05) is 33.9 Å². The van der Waals surface area contributed by atoms with Gasteiger partial charge in [0, 0.05) is 18.9 Å². The number of carbonyl (C=O) groups is 1. The molecule has 130 valence electrons. The molecule has 3 rings (SSSR count). The monoisotopic (exact) mass is 393 g/mol. The maximum Gasteiger partial charge on any atom is 0.410 e. The third-order valence-electron chi connectivity index (χ3n) is 4.01. The number of fused-ring (bicyclic) bond motifs is 1. The number of rotatable bonds is 4. The Morgan fingerprint density at radius 1 is 1.42 bits per heavy atom. The Labute approximate surface area is 151 Å². The highest BCUT2D eigenvalue weighted by molar-refractivity contribution is 9.10. The van der Waals surface area contributed by atoms with E-state index in [-0.39, 0.29) is 6.09 Å². The number of halogens is 1. The fourth-order valence-corrected chi connectivity index (χ4v) is 3.23. The van der Waals surface area contributed by atoms with E-state index in [1.54, 1.807) is 4.90 Å². The number of nitrogens with zero attached hydrogens (tertiary/aromatic N) is 3. The lowest BCUT2D eigenvalue weighted by atomic mass is 10.2. The first-order chi connectivity index (χ1) is 11.3. The van der Waals surface area contributed by atoms with Crippen molar-refractivity contribution >= 4 is 27.7 Å². The Bertz CT molecular complexity index is 759. The van der Waals surface area contributed by atoms with E-state index < -0.39 is 5.60 Å². The second-order valence-corrected chi connectivity index (χ2v) is 8.21. The summed E-state index contributed by atoms with van der Waals surface area (Å²) in [6.45, 7) is 8.59. The summed E-state index contributed by atoms with van der Waals surface area (Å²) in [5, 5.41) is 0. The summed E-state index contributed by atoms with van der Waals surface area (Å²) >= 11 is 3.62. The highest BCUT2D eigenvalue weighted by atomic mass is 79.9. The van der Waals surface area contributed by atoms with E-state index in [2.05, 4.69) is 37.6 Å². The Hall–Kier alpha value is -1.56. The van der Waals surface area contributed by atoms with Crippen molar-refractivity contribution in [1.29, 1.82) is 0 Å². The number of pyridine rings is 1. The zero-order valence-electron chi connectivity index (χ0n) is 14.7. The zero-order valence-corrected chi connectivity index (χ0v) is 16.3. The van der Waals surface area contributed by atoms with Crippen molar-refractivity contribution < 1.29 is 9.53 Å². The van der Waals surface area contributed by atoms with E-state index in [4.69, 9.17) is 4.74 Å². The number of amides is 1. The summed E-state index contributed by atoms with van der Waals surface area (Å²) < 4.78 is 8.51. The van der Waals surface area contributed by atoms with Gasteiger partial charge >= 0.3 is 6.09 Å². The van der Waals surface area contributed by atoms with Gasteiger partial charge in [0.25, 0.3) is 0 Å². The van der Waals surface area contributed by atoms with E-state index >= 15 is 0 Å². The fourth-order valence-electron chi connectivity index (χ4n) is 2.67. The average Bonchev–Trinajstić information content (AvgIpc) is 3.23. The van der Waals surface area contributed by atoms with E-state index in [9.17, 15) is 4.79 Å². The molecule has 1 aliphatic rings. The number of aromatic nitrogens is 2. The third-order valence-corrected chi connectivity index (χ3v) is 4.60. The standard InChI is InChI=1S/C18H24BrN3O2/c1-5-21(17(23)24-18(2,3)4)10-14-11-22-9-13(12-6-7-12)8-15(19)16(22)20-14/h8-9,11-12H,5-7,10H2,1-4H3. The van der Waals surface area contributed by atoms with Crippen LogP contribution in [0.1, 0.15) is 57.7 Å². The summed E-state index contributed by atoms with van der Waals surface area (Å²) in [6, 6.07) is 2.16.